The van der Waals surface area contributed by atoms with Crippen LogP contribution >= 0.6 is 7.14 Å². The predicted octanol–water partition coefficient (Wildman–Crippen LogP) is 11.0. The van der Waals surface area contributed by atoms with Gasteiger partial charge in [0, 0.05) is 15.9 Å². The Labute approximate surface area is 279 Å². The standard InChI is InChI=1S/C45H39OP/c1-34(31-37-13-7-4-8-14-37)40-19-25-43(26-20-40)47(46,44-27-21-41(22-28-44)35(2)32-38-15-9-5-10-16-38)45-29-23-42(24-30-45)36(3)33-39-17-11-6-12-18-39/h4-33H,1-3H3. The van der Waals surface area contributed by atoms with Crippen molar-refractivity contribution in [1.29, 1.82) is 0 Å². The average Bonchev–Trinajstić information content (AvgIpc) is 3.13. The van der Waals surface area contributed by atoms with Crippen molar-refractivity contribution < 1.29 is 4.57 Å². The summed E-state index contributed by atoms with van der Waals surface area (Å²) in [6.45, 7) is 6.36. The molecule has 0 spiro atoms. The second kappa shape index (κ2) is 14.5. The van der Waals surface area contributed by atoms with Crippen LogP contribution < -0.4 is 15.9 Å². The molecule has 0 fully saturated rings. The van der Waals surface area contributed by atoms with E-state index in [4.69, 9.17) is 0 Å². The number of hydrogen-bond acceptors (Lipinski definition) is 1. The molecule has 0 bridgehead atoms. The first kappa shape index (κ1) is 31.7. The van der Waals surface area contributed by atoms with Gasteiger partial charge in [0.2, 0.25) is 0 Å². The van der Waals surface area contributed by atoms with Crippen LogP contribution in [0.4, 0.5) is 0 Å². The number of hydrogen-bond donors (Lipinski definition) is 0. The van der Waals surface area contributed by atoms with E-state index in [0.29, 0.717) is 0 Å². The third-order valence-corrected chi connectivity index (χ3v) is 11.7. The summed E-state index contributed by atoms with van der Waals surface area (Å²) in [5.74, 6) is 0. The van der Waals surface area contributed by atoms with Gasteiger partial charge in [0.1, 0.15) is 0 Å². The molecule has 0 saturated heterocycles. The summed E-state index contributed by atoms with van der Waals surface area (Å²) in [7, 11) is -3.18. The summed E-state index contributed by atoms with van der Waals surface area (Å²) < 4.78 is 15.5. The van der Waals surface area contributed by atoms with Crippen LogP contribution in [0.25, 0.3) is 34.9 Å². The van der Waals surface area contributed by atoms with E-state index in [1.807, 2.05) is 91.0 Å². The van der Waals surface area contributed by atoms with Gasteiger partial charge in [0.25, 0.3) is 0 Å². The average molecular weight is 627 g/mol. The molecule has 2 heteroatoms. The lowest BCUT2D eigenvalue weighted by Gasteiger charge is -2.21. The lowest BCUT2D eigenvalue weighted by atomic mass is 10.0. The van der Waals surface area contributed by atoms with Crippen LogP contribution in [0.1, 0.15) is 54.2 Å². The van der Waals surface area contributed by atoms with Gasteiger partial charge in [-0.25, -0.2) is 0 Å². The smallest absolute Gasteiger partial charge is 0.171 e. The van der Waals surface area contributed by atoms with E-state index in [0.717, 1.165) is 66.0 Å². The Morgan fingerprint density at radius 3 is 0.830 bits per heavy atom. The first-order valence-corrected chi connectivity index (χ1v) is 17.7. The molecule has 0 aliphatic carbocycles. The molecular weight excluding hydrogens is 587 g/mol. The van der Waals surface area contributed by atoms with Crippen molar-refractivity contribution in [2.24, 2.45) is 0 Å². The monoisotopic (exact) mass is 626 g/mol. The van der Waals surface area contributed by atoms with Gasteiger partial charge in [-0.15, -0.1) is 0 Å². The van der Waals surface area contributed by atoms with Crippen LogP contribution in [-0.2, 0) is 4.57 Å². The van der Waals surface area contributed by atoms with Gasteiger partial charge in [0.15, 0.2) is 7.14 Å². The first-order chi connectivity index (χ1) is 22.9. The topological polar surface area (TPSA) is 17.1 Å². The van der Waals surface area contributed by atoms with Gasteiger partial charge in [-0.05, 0) is 70.9 Å². The molecule has 0 aromatic heterocycles. The SMILES string of the molecule is CC(=Cc1ccccc1)c1ccc(P(=O)(c2ccc(C(C)=Cc3ccccc3)cc2)c2ccc(C(C)=Cc3ccccc3)cc2)cc1. The molecule has 0 aliphatic rings. The van der Waals surface area contributed by atoms with Crippen LogP contribution in [0.15, 0.2) is 164 Å². The van der Waals surface area contributed by atoms with Crippen LogP contribution in [0, 0.1) is 0 Å². The quantitative estimate of drug-likeness (QED) is 0.115. The fourth-order valence-electron chi connectivity index (χ4n) is 5.90. The van der Waals surface area contributed by atoms with Crippen molar-refractivity contribution in [3.05, 3.63) is 197 Å². The Morgan fingerprint density at radius 1 is 0.362 bits per heavy atom. The van der Waals surface area contributed by atoms with Gasteiger partial charge in [-0.2, -0.15) is 0 Å². The third-order valence-electron chi connectivity index (χ3n) is 8.61. The van der Waals surface area contributed by atoms with Gasteiger partial charge < -0.3 is 4.57 Å². The lowest BCUT2D eigenvalue weighted by Crippen LogP contribution is -2.25. The zero-order valence-corrected chi connectivity index (χ0v) is 28.1. The molecule has 6 rings (SSSR count). The largest absolute Gasteiger partial charge is 0.309 e. The van der Waals surface area contributed by atoms with Crippen LogP contribution in [-0.4, -0.2) is 0 Å². The molecule has 0 aliphatic heterocycles. The molecule has 0 heterocycles. The van der Waals surface area contributed by atoms with Crippen molar-refractivity contribution in [3.63, 3.8) is 0 Å². The van der Waals surface area contributed by atoms with E-state index < -0.39 is 7.14 Å². The molecule has 6 aromatic carbocycles. The fourth-order valence-corrected chi connectivity index (χ4v) is 8.50. The van der Waals surface area contributed by atoms with Crippen LogP contribution in [0.2, 0.25) is 0 Å². The van der Waals surface area contributed by atoms with Crippen molar-refractivity contribution in [1.82, 2.24) is 0 Å². The van der Waals surface area contributed by atoms with Crippen LogP contribution in [0.3, 0.4) is 0 Å². The fraction of sp³-hybridized carbons (Fsp3) is 0.0667. The van der Waals surface area contributed by atoms with Crippen molar-refractivity contribution in [3.8, 4) is 0 Å². The Kier molecular flexibility index (Phi) is 9.77. The highest BCUT2D eigenvalue weighted by atomic mass is 31.2. The first-order valence-electron chi connectivity index (χ1n) is 16.0. The zero-order chi connectivity index (χ0) is 32.6. The highest BCUT2D eigenvalue weighted by Crippen LogP contribution is 2.43. The number of rotatable bonds is 9. The number of benzene rings is 6. The van der Waals surface area contributed by atoms with Crippen molar-refractivity contribution >= 4 is 58.0 Å². The maximum Gasteiger partial charge on any atom is 0.171 e. The molecule has 0 atom stereocenters. The summed E-state index contributed by atoms with van der Waals surface area (Å²) in [6, 6.07) is 55.8. The molecule has 0 unspecified atom stereocenters. The summed E-state index contributed by atoms with van der Waals surface area (Å²) >= 11 is 0. The Balaban J connectivity index is 1.37. The van der Waals surface area contributed by atoms with E-state index in [1.165, 1.54) is 0 Å². The second-order valence-corrected chi connectivity index (χ2v) is 14.7. The Hall–Kier alpha value is -5.23. The van der Waals surface area contributed by atoms with E-state index in [9.17, 15) is 0 Å². The minimum atomic E-state index is -3.18. The van der Waals surface area contributed by atoms with E-state index in [1.54, 1.807) is 0 Å². The number of allylic oxidation sites excluding steroid dienone is 3. The molecule has 47 heavy (non-hydrogen) atoms. The van der Waals surface area contributed by atoms with Crippen molar-refractivity contribution in [2.45, 2.75) is 20.8 Å². The van der Waals surface area contributed by atoms with E-state index in [2.05, 4.69) is 112 Å². The maximum absolute atomic E-state index is 15.5. The minimum absolute atomic E-state index is 0.822. The summed E-state index contributed by atoms with van der Waals surface area (Å²) in [6.07, 6.45) is 6.55. The zero-order valence-electron chi connectivity index (χ0n) is 27.2. The Morgan fingerprint density at radius 2 is 0.596 bits per heavy atom. The highest BCUT2D eigenvalue weighted by Gasteiger charge is 2.30. The summed E-state index contributed by atoms with van der Waals surface area (Å²) in [4.78, 5) is 0. The molecule has 1 nitrogen and oxygen atoms in total. The van der Waals surface area contributed by atoms with Gasteiger partial charge >= 0.3 is 0 Å². The maximum atomic E-state index is 15.5. The van der Waals surface area contributed by atoms with Crippen LogP contribution in [0.5, 0.6) is 0 Å². The van der Waals surface area contributed by atoms with Crippen molar-refractivity contribution in [2.75, 3.05) is 0 Å². The van der Waals surface area contributed by atoms with E-state index >= 15 is 4.57 Å². The van der Waals surface area contributed by atoms with Gasteiger partial charge in [0.05, 0.1) is 0 Å². The lowest BCUT2D eigenvalue weighted by molar-refractivity contribution is 0.592. The molecule has 0 N–H and O–H groups in total. The van der Waals surface area contributed by atoms with E-state index in [-0.39, 0.29) is 0 Å². The normalized spacial score (nSPS) is 13.6. The molecule has 0 saturated carbocycles. The Bertz CT molecular complexity index is 1820. The van der Waals surface area contributed by atoms with Gasteiger partial charge in [-0.1, -0.05) is 182 Å². The molecule has 6 aromatic rings. The summed E-state index contributed by atoms with van der Waals surface area (Å²) in [5, 5.41) is 2.46. The molecule has 0 radical (unpaired) electrons. The van der Waals surface area contributed by atoms with Gasteiger partial charge in [-0.3, -0.25) is 0 Å². The highest BCUT2D eigenvalue weighted by molar-refractivity contribution is 7.85. The predicted molar refractivity (Wildman–Crippen MR) is 206 cm³/mol. The minimum Gasteiger partial charge on any atom is -0.309 e. The molecular formula is C45H39OP. The third kappa shape index (κ3) is 7.44. The summed E-state index contributed by atoms with van der Waals surface area (Å²) in [5.41, 5.74) is 10.3. The second-order valence-electron chi connectivity index (χ2n) is 12.0. The molecule has 230 valence electrons. The molecule has 0 amide bonds.